The van der Waals surface area contributed by atoms with Gasteiger partial charge in [-0.3, -0.25) is 4.57 Å². The molecular weight excluding hydrogens is 496 g/mol. The first-order valence-electron chi connectivity index (χ1n) is 23.2. The molecule has 192 valence electrons. The Balaban J connectivity index is 1.77. The van der Waals surface area contributed by atoms with Crippen LogP contribution in [0.1, 0.15) is 30.2 Å². The van der Waals surface area contributed by atoms with E-state index >= 15 is 0 Å². The first kappa shape index (κ1) is 10.2. The molecule has 8 aromatic rings. The Morgan fingerprint density at radius 2 is 1.02 bits per heavy atom. The van der Waals surface area contributed by atoms with Crippen LogP contribution in [0.25, 0.3) is 71.9 Å². The molecule has 0 fully saturated rings. The van der Waals surface area contributed by atoms with Gasteiger partial charge in [-0.15, -0.1) is 0 Å². The van der Waals surface area contributed by atoms with Gasteiger partial charge in [-0.05, 0) is 74.1 Å². The van der Waals surface area contributed by atoms with Crippen LogP contribution in [-0.4, -0.2) is 9.55 Å². The number of fused-ring (bicyclic) bond motifs is 3. The lowest BCUT2D eigenvalue weighted by Gasteiger charge is -2.19. The number of nitrogens with zero attached hydrogens (tertiary/aromatic N) is 2. The van der Waals surface area contributed by atoms with Gasteiger partial charge in [-0.2, -0.15) is 0 Å². The predicted molar refractivity (Wildman–Crippen MR) is 172 cm³/mol. The van der Waals surface area contributed by atoms with Gasteiger partial charge in [0.1, 0.15) is 5.82 Å². The molecule has 0 spiro atoms. The van der Waals surface area contributed by atoms with Gasteiger partial charge in [-0.1, -0.05) is 127 Å². The molecular formula is C39H26N2. The average molecular weight is 545 g/mol. The molecule has 0 aliphatic carbocycles. The van der Waals surface area contributed by atoms with Gasteiger partial charge in [0.2, 0.25) is 0 Å². The van der Waals surface area contributed by atoms with Gasteiger partial charge >= 0.3 is 0 Å². The zero-order valence-electron chi connectivity index (χ0n) is 42.7. The molecule has 0 aliphatic heterocycles. The third-order valence-electron chi connectivity index (χ3n) is 6.49. The normalized spacial score (nSPS) is 18.9. The number of hydrogen-bond acceptors (Lipinski definition) is 1. The van der Waals surface area contributed by atoms with Crippen molar-refractivity contribution in [3.8, 4) is 39.3 Å². The van der Waals surface area contributed by atoms with Crippen LogP contribution in [0.15, 0.2) is 157 Å². The topological polar surface area (TPSA) is 17.8 Å². The lowest BCUT2D eigenvalue weighted by molar-refractivity contribution is 1.10. The van der Waals surface area contributed by atoms with Crippen LogP contribution >= 0.6 is 0 Å². The molecule has 0 saturated heterocycles. The van der Waals surface area contributed by atoms with E-state index in [4.69, 9.17) is 23.3 Å². The van der Waals surface area contributed by atoms with E-state index in [1.54, 1.807) is 12.1 Å². The molecule has 1 aromatic heterocycles. The molecule has 0 N–H and O–H groups in total. The SMILES string of the molecule is [2H]c1c([2H])c([2H])c(-c2c3c([2H])c([2H])c([2H])c([2H])c3c(-c3c([2H])c([2H])c([2H])c([2H])c3[2H])c3c([2H])c(-c4nc5ccccc5n4-c4c([2H])c([2H])c([2H])c([2H])c4[2H])c([2H])c([2H])c23)c([2H])c1[2H]. The van der Waals surface area contributed by atoms with Crippen molar-refractivity contribution in [3.05, 3.63) is 157 Å². The number of hydrogen-bond donors (Lipinski definition) is 0. The summed E-state index contributed by atoms with van der Waals surface area (Å²) < 4.78 is 196. The first-order valence-corrected chi connectivity index (χ1v) is 12.2. The molecule has 0 atom stereocenters. The fraction of sp³-hybridized carbons (Fsp3) is 0. The Labute approximate surface area is 269 Å². The molecule has 0 saturated carbocycles. The molecule has 1 heterocycles. The molecule has 2 heteroatoms. The summed E-state index contributed by atoms with van der Waals surface area (Å²) >= 11 is 0. The fourth-order valence-corrected chi connectivity index (χ4v) is 4.86. The molecule has 7 aromatic carbocycles. The predicted octanol–water partition coefficient (Wildman–Crippen LogP) is 10.3. The van der Waals surface area contributed by atoms with Crippen molar-refractivity contribution in [2.75, 3.05) is 0 Å². The largest absolute Gasteiger partial charge is 0.292 e. The highest BCUT2D eigenvalue weighted by Gasteiger charge is 2.19. The summed E-state index contributed by atoms with van der Waals surface area (Å²) in [7, 11) is 0. The Morgan fingerprint density at radius 1 is 0.488 bits per heavy atom. The number of imidazole rings is 1. The summed E-state index contributed by atoms with van der Waals surface area (Å²) in [6.45, 7) is 0. The minimum Gasteiger partial charge on any atom is -0.292 e. The van der Waals surface area contributed by atoms with Gasteiger partial charge in [-0.25, -0.2) is 4.98 Å². The Morgan fingerprint density at radius 3 is 1.68 bits per heavy atom. The molecule has 0 unspecified atom stereocenters. The molecule has 8 rings (SSSR count). The van der Waals surface area contributed by atoms with E-state index in [0.29, 0.717) is 0 Å². The highest BCUT2D eigenvalue weighted by molar-refractivity contribution is 6.21. The van der Waals surface area contributed by atoms with Crippen molar-refractivity contribution in [2.45, 2.75) is 0 Å². The molecule has 41 heavy (non-hydrogen) atoms. The Bertz CT molecular complexity index is 3340. The van der Waals surface area contributed by atoms with Gasteiger partial charge in [0, 0.05) is 11.3 Å². The summed E-state index contributed by atoms with van der Waals surface area (Å²) in [5.74, 6) is -0.452. The van der Waals surface area contributed by atoms with Gasteiger partial charge in [0.15, 0.2) is 0 Å². The molecule has 0 radical (unpaired) electrons. The summed E-state index contributed by atoms with van der Waals surface area (Å²) in [5.41, 5.74) is -3.55. The lowest BCUT2D eigenvalue weighted by Crippen LogP contribution is -1.98. The summed E-state index contributed by atoms with van der Waals surface area (Å²) in [6, 6.07) is -12.8. The van der Waals surface area contributed by atoms with E-state index in [9.17, 15) is 6.85 Å². The highest BCUT2D eigenvalue weighted by atomic mass is 15.1. The van der Waals surface area contributed by atoms with E-state index in [1.807, 2.05) is 0 Å². The number of para-hydroxylation sites is 3. The maximum absolute atomic E-state index is 10.0. The van der Waals surface area contributed by atoms with Crippen LogP contribution < -0.4 is 0 Å². The van der Waals surface area contributed by atoms with E-state index in [1.165, 1.54) is 12.1 Å². The summed E-state index contributed by atoms with van der Waals surface area (Å²) in [4.78, 5) is 4.62. The maximum Gasteiger partial charge on any atom is 0.145 e. The van der Waals surface area contributed by atoms with Crippen molar-refractivity contribution >= 4 is 32.6 Å². The second kappa shape index (κ2) is 9.62. The summed E-state index contributed by atoms with van der Waals surface area (Å²) in [5, 5.41) is -2.54. The molecule has 0 aliphatic rings. The summed E-state index contributed by atoms with van der Waals surface area (Å²) in [6.07, 6.45) is 0. The minimum atomic E-state index is -0.916. The van der Waals surface area contributed by atoms with E-state index in [2.05, 4.69) is 4.98 Å². The van der Waals surface area contributed by atoms with Gasteiger partial charge < -0.3 is 0 Å². The average Bonchev–Trinajstić information content (AvgIpc) is 3.63. The van der Waals surface area contributed by atoms with Crippen molar-refractivity contribution in [2.24, 2.45) is 0 Å². The van der Waals surface area contributed by atoms with Crippen LogP contribution in [-0.2, 0) is 0 Å². The van der Waals surface area contributed by atoms with Crippen LogP contribution in [0.3, 0.4) is 0 Å². The van der Waals surface area contributed by atoms with E-state index in [-0.39, 0.29) is 11.0 Å². The third kappa shape index (κ3) is 3.84. The number of aromatic nitrogens is 2. The van der Waals surface area contributed by atoms with Gasteiger partial charge in [0.25, 0.3) is 0 Å². The third-order valence-corrected chi connectivity index (χ3v) is 6.49. The van der Waals surface area contributed by atoms with Crippen molar-refractivity contribution in [1.82, 2.24) is 9.55 Å². The second-order valence-electron chi connectivity index (χ2n) is 8.73. The maximum atomic E-state index is 10.0. The fourth-order valence-electron chi connectivity index (χ4n) is 4.86. The zero-order chi connectivity index (χ0) is 46.3. The van der Waals surface area contributed by atoms with Crippen LogP contribution in [0.5, 0.6) is 0 Å². The Kier molecular flexibility index (Phi) is 2.39. The molecule has 0 amide bonds. The van der Waals surface area contributed by atoms with Crippen LogP contribution in [0, 0.1) is 0 Å². The van der Waals surface area contributed by atoms with Gasteiger partial charge in [0.05, 0.1) is 41.2 Å². The Hall–Kier alpha value is -5.47. The standard InChI is InChI=1S/C39H26N2/c1-4-14-27(15-5-1)37-31-20-10-11-21-32(31)38(28-16-6-2-7-17-28)34-26-29(24-25-33(34)37)39-40-35-22-12-13-23-36(35)41(39)30-18-8-3-9-19-30/h1-26H/i1D,2D,3D,4D,5D,6D,7D,8D,9D,10D,11D,14D,15D,16D,17D,18D,19D,20D,21D,24D,25D,26D. The highest BCUT2D eigenvalue weighted by Crippen LogP contribution is 2.45. The smallest absolute Gasteiger partial charge is 0.145 e. The van der Waals surface area contributed by atoms with Crippen LogP contribution in [0.2, 0.25) is 0 Å². The van der Waals surface area contributed by atoms with Crippen molar-refractivity contribution in [3.63, 3.8) is 0 Å². The number of benzene rings is 7. The number of rotatable bonds is 4. The van der Waals surface area contributed by atoms with Crippen molar-refractivity contribution in [1.29, 1.82) is 0 Å². The monoisotopic (exact) mass is 544 g/mol. The molecule has 2 nitrogen and oxygen atoms in total. The molecule has 0 bridgehead atoms. The second-order valence-corrected chi connectivity index (χ2v) is 8.73. The van der Waals surface area contributed by atoms with Crippen molar-refractivity contribution < 1.29 is 30.2 Å². The first-order chi connectivity index (χ1) is 29.5. The minimum absolute atomic E-state index is 0.106. The lowest BCUT2D eigenvalue weighted by atomic mass is 9.85. The quantitative estimate of drug-likeness (QED) is 0.202. The van der Waals surface area contributed by atoms with E-state index in [0.717, 1.165) is 4.57 Å². The zero-order valence-corrected chi connectivity index (χ0v) is 20.7. The van der Waals surface area contributed by atoms with Crippen LogP contribution in [0.4, 0.5) is 0 Å². The van der Waals surface area contributed by atoms with E-state index < -0.39 is 194 Å².